The summed E-state index contributed by atoms with van der Waals surface area (Å²) < 4.78 is 0. The van der Waals surface area contributed by atoms with Gasteiger partial charge in [0.05, 0.1) is 0 Å². The van der Waals surface area contributed by atoms with Crippen molar-refractivity contribution >= 4 is 0 Å². The number of hydrogen-bond acceptors (Lipinski definition) is 0. The molecule has 0 atom stereocenters. The van der Waals surface area contributed by atoms with Crippen molar-refractivity contribution in [3.63, 3.8) is 0 Å². The molecular weight excluding hydrogens is 360 g/mol. The van der Waals surface area contributed by atoms with Gasteiger partial charge in [-0.25, -0.2) is 0 Å². The molecule has 2 aromatic rings. The van der Waals surface area contributed by atoms with Crippen LogP contribution in [0.25, 0.3) is 0 Å². The summed E-state index contributed by atoms with van der Waals surface area (Å²) in [5.41, 5.74) is 11.2. The monoisotopic (exact) mass is 412 g/mol. The van der Waals surface area contributed by atoms with Gasteiger partial charge < -0.3 is 0 Å². The molecule has 0 aliphatic heterocycles. The zero-order chi connectivity index (χ0) is 23.6. The highest BCUT2D eigenvalue weighted by Gasteiger charge is 1.96. The van der Waals surface area contributed by atoms with Gasteiger partial charge >= 0.3 is 0 Å². The van der Waals surface area contributed by atoms with Gasteiger partial charge in [0.15, 0.2) is 0 Å². The standard InChI is InChI=1S/2C10H14.C4H10.C3H8.C2H2.CH4/c2*1-7-5-8(2)10(4)9(3)6-7;1-3-4-2;1-3-2;1-2;/h2*5-6H,1-4H3;3-4H2,1-2H3;3H2,1-2H3;1-2H;1H4. The van der Waals surface area contributed by atoms with E-state index in [9.17, 15) is 0 Å². The topological polar surface area (TPSA) is 0 Å². The molecular formula is C30H52. The molecule has 0 fully saturated rings. The molecule has 172 valence electrons. The lowest BCUT2D eigenvalue weighted by molar-refractivity contribution is 0.886. The predicted octanol–water partition coefficient (Wildman–Crippen LogP) is 9.95. The minimum absolute atomic E-state index is 0. The Kier molecular flexibility index (Phi) is 25.6. The lowest BCUT2D eigenvalue weighted by Gasteiger charge is -2.04. The first kappa shape index (κ1) is 35.4. The third-order valence-electron chi connectivity index (χ3n) is 4.64. The first-order chi connectivity index (χ1) is 13.5. The van der Waals surface area contributed by atoms with Gasteiger partial charge in [-0.1, -0.05) is 89.8 Å². The van der Waals surface area contributed by atoms with E-state index in [1.54, 1.807) is 0 Å². The van der Waals surface area contributed by atoms with Crippen LogP contribution in [0.15, 0.2) is 24.3 Å². The first-order valence-electron chi connectivity index (χ1n) is 11.0. The first-order valence-corrected chi connectivity index (χ1v) is 11.0. The molecule has 0 nitrogen and oxygen atoms in total. The summed E-state index contributed by atoms with van der Waals surface area (Å²) in [5.74, 6) is 0. The molecule has 0 aliphatic carbocycles. The van der Waals surface area contributed by atoms with Crippen LogP contribution < -0.4 is 0 Å². The van der Waals surface area contributed by atoms with Crippen molar-refractivity contribution in [2.45, 2.75) is 110 Å². The van der Waals surface area contributed by atoms with E-state index in [2.05, 4.69) is 120 Å². The third-order valence-corrected chi connectivity index (χ3v) is 4.64. The van der Waals surface area contributed by atoms with Crippen LogP contribution in [0.4, 0.5) is 0 Å². The van der Waals surface area contributed by atoms with Crippen LogP contribution in [-0.2, 0) is 0 Å². The summed E-state index contributed by atoms with van der Waals surface area (Å²) in [6.45, 7) is 25.9. The maximum absolute atomic E-state index is 4.00. The van der Waals surface area contributed by atoms with Gasteiger partial charge in [-0.3, -0.25) is 0 Å². The summed E-state index contributed by atoms with van der Waals surface area (Å²) in [7, 11) is 0. The van der Waals surface area contributed by atoms with Crippen LogP contribution >= 0.6 is 0 Å². The van der Waals surface area contributed by atoms with Gasteiger partial charge in [0, 0.05) is 0 Å². The number of terminal acetylenes is 1. The summed E-state index contributed by atoms with van der Waals surface area (Å²) in [6, 6.07) is 8.90. The van der Waals surface area contributed by atoms with Crippen LogP contribution in [-0.4, -0.2) is 0 Å². The van der Waals surface area contributed by atoms with Crippen LogP contribution in [0.3, 0.4) is 0 Å². The molecule has 0 bridgehead atoms. The van der Waals surface area contributed by atoms with Crippen LogP contribution in [0.5, 0.6) is 0 Å². The van der Waals surface area contributed by atoms with E-state index in [4.69, 9.17) is 0 Å². The van der Waals surface area contributed by atoms with E-state index in [1.807, 2.05) is 0 Å². The fourth-order valence-electron chi connectivity index (χ4n) is 2.50. The van der Waals surface area contributed by atoms with Gasteiger partial charge in [-0.15, -0.1) is 12.8 Å². The zero-order valence-electron chi connectivity index (χ0n) is 21.6. The summed E-state index contributed by atoms with van der Waals surface area (Å²) in [4.78, 5) is 0. The minimum Gasteiger partial charge on any atom is -0.124 e. The van der Waals surface area contributed by atoms with Gasteiger partial charge in [-0.05, 0) is 88.8 Å². The van der Waals surface area contributed by atoms with Crippen molar-refractivity contribution in [3.05, 3.63) is 68.8 Å². The maximum Gasteiger partial charge on any atom is -0.0392 e. The van der Waals surface area contributed by atoms with Crippen molar-refractivity contribution in [2.75, 3.05) is 0 Å². The second-order valence-corrected chi connectivity index (χ2v) is 7.75. The summed E-state index contributed by atoms with van der Waals surface area (Å²) in [6.07, 6.45) is 11.9. The maximum atomic E-state index is 4.00. The predicted molar refractivity (Wildman–Crippen MR) is 144 cm³/mol. The fourth-order valence-corrected chi connectivity index (χ4v) is 2.50. The molecule has 0 spiro atoms. The van der Waals surface area contributed by atoms with E-state index in [0.29, 0.717) is 0 Å². The average Bonchev–Trinajstić information content (AvgIpc) is 2.67. The largest absolute Gasteiger partial charge is 0.124 e. The number of hydrogen-bond donors (Lipinski definition) is 0. The van der Waals surface area contributed by atoms with Crippen molar-refractivity contribution in [2.24, 2.45) is 0 Å². The second-order valence-electron chi connectivity index (χ2n) is 7.75. The summed E-state index contributed by atoms with van der Waals surface area (Å²) in [5, 5.41) is 0. The van der Waals surface area contributed by atoms with Gasteiger partial charge in [-0.2, -0.15) is 0 Å². The van der Waals surface area contributed by atoms with E-state index in [-0.39, 0.29) is 7.43 Å². The number of benzene rings is 2. The Morgan fingerprint density at radius 3 is 0.800 bits per heavy atom. The average molecular weight is 413 g/mol. The SMILES string of the molecule is C.C#C.CCC.CCCC.Cc1cc(C)c(C)c(C)c1.Cc1cc(C)c(C)c(C)c1. The van der Waals surface area contributed by atoms with Crippen molar-refractivity contribution in [1.29, 1.82) is 0 Å². The normalized spacial score (nSPS) is 8.33. The van der Waals surface area contributed by atoms with E-state index in [1.165, 1.54) is 63.8 Å². The highest BCUT2D eigenvalue weighted by atomic mass is 14.0. The minimum atomic E-state index is 0. The van der Waals surface area contributed by atoms with Gasteiger partial charge in [0.1, 0.15) is 0 Å². The molecule has 0 N–H and O–H groups in total. The van der Waals surface area contributed by atoms with Crippen molar-refractivity contribution < 1.29 is 0 Å². The smallest absolute Gasteiger partial charge is 0.0392 e. The van der Waals surface area contributed by atoms with Crippen LogP contribution in [0.1, 0.15) is 98.9 Å². The van der Waals surface area contributed by atoms with Gasteiger partial charge in [0.25, 0.3) is 0 Å². The molecule has 0 aliphatic rings. The highest BCUT2D eigenvalue weighted by molar-refractivity contribution is 5.36. The Balaban J connectivity index is -0.000000159. The third kappa shape index (κ3) is 16.9. The van der Waals surface area contributed by atoms with E-state index < -0.39 is 0 Å². The van der Waals surface area contributed by atoms with Crippen molar-refractivity contribution in [3.8, 4) is 12.8 Å². The molecule has 0 amide bonds. The Morgan fingerprint density at radius 2 is 0.667 bits per heavy atom. The lowest BCUT2D eigenvalue weighted by atomic mass is 10.0. The molecule has 2 aromatic carbocycles. The Hall–Kier alpha value is -2.00. The molecule has 0 aromatic heterocycles. The van der Waals surface area contributed by atoms with Gasteiger partial charge in [0.2, 0.25) is 0 Å². The number of aryl methyl sites for hydroxylation is 6. The molecule has 0 heteroatoms. The Bertz CT molecular complexity index is 583. The fraction of sp³-hybridized carbons (Fsp3) is 0.533. The van der Waals surface area contributed by atoms with Crippen molar-refractivity contribution in [1.82, 2.24) is 0 Å². The number of rotatable bonds is 1. The second kappa shape index (κ2) is 21.7. The Morgan fingerprint density at radius 1 is 0.500 bits per heavy atom. The zero-order valence-corrected chi connectivity index (χ0v) is 21.6. The Labute approximate surface area is 191 Å². The lowest BCUT2D eigenvalue weighted by Crippen LogP contribution is -1.86. The molecule has 30 heavy (non-hydrogen) atoms. The molecule has 2 rings (SSSR count). The highest BCUT2D eigenvalue weighted by Crippen LogP contribution is 2.14. The molecule has 0 saturated heterocycles. The molecule has 0 unspecified atom stereocenters. The molecule has 0 radical (unpaired) electrons. The summed E-state index contributed by atoms with van der Waals surface area (Å²) >= 11 is 0. The molecule has 0 heterocycles. The quantitative estimate of drug-likeness (QED) is 0.409. The van der Waals surface area contributed by atoms with Crippen LogP contribution in [0.2, 0.25) is 0 Å². The van der Waals surface area contributed by atoms with E-state index in [0.717, 1.165) is 0 Å². The number of unbranched alkanes of at least 4 members (excludes halogenated alkanes) is 1. The molecule has 0 saturated carbocycles. The van der Waals surface area contributed by atoms with E-state index >= 15 is 0 Å². The van der Waals surface area contributed by atoms with Crippen LogP contribution in [0, 0.1) is 68.2 Å².